The Hall–Kier alpha value is -1.43. The van der Waals surface area contributed by atoms with E-state index in [2.05, 4.69) is 28.8 Å². The van der Waals surface area contributed by atoms with Gasteiger partial charge in [-0.1, -0.05) is 0 Å². The van der Waals surface area contributed by atoms with Gasteiger partial charge >= 0.3 is 6.03 Å². The summed E-state index contributed by atoms with van der Waals surface area (Å²) in [5, 5.41) is 3.93. The summed E-state index contributed by atoms with van der Waals surface area (Å²) in [6, 6.07) is 1.35. The average Bonchev–Trinajstić information content (AvgIpc) is 2.92. The summed E-state index contributed by atoms with van der Waals surface area (Å²) in [4.78, 5) is 20.6. The molecule has 6 heteroatoms. The number of amides is 1. The molecule has 0 radical (unpaired) electrons. The zero-order chi connectivity index (χ0) is 12.7. The molecule has 3 aliphatic rings. The second-order valence-electron chi connectivity index (χ2n) is 5.45. The Morgan fingerprint density at radius 2 is 2.06 bits per heavy atom. The number of carbonyl (C=O) groups excluding carboxylic acids is 1. The number of hydrogen-bond donors (Lipinski definition) is 0. The predicted molar refractivity (Wildman–Crippen MR) is 66.2 cm³/mol. The number of rotatable bonds is 1. The van der Waals surface area contributed by atoms with Gasteiger partial charge in [0.1, 0.15) is 12.7 Å². The first-order valence-corrected chi connectivity index (χ1v) is 6.58. The van der Waals surface area contributed by atoms with E-state index in [0.717, 1.165) is 19.5 Å². The van der Waals surface area contributed by atoms with Crippen LogP contribution in [0.2, 0.25) is 0 Å². The Kier molecular flexibility index (Phi) is 2.81. The van der Waals surface area contributed by atoms with Crippen LogP contribution in [-0.2, 0) is 0 Å². The highest BCUT2D eigenvalue weighted by Gasteiger charge is 2.42. The van der Waals surface area contributed by atoms with Crippen molar-refractivity contribution >= 4 is 6.03 Å². The minimum atomic E-state index is -0.0365. The van der Waals surface area contributed by atoms with Crippen molar-refractivity contribution in [2.75, 3.05) is 13.1 Å². The van der Waals surface area contributed by atoms with E-state index in [1.807, 2.05) is 4.90 Å². The quantitative estimate of drug-likeness (QED) is 0.739. The summed E-state index contributed by atoms with van der Waals surface area (Å²) in [5.74, 6) is 0. The molecule has 18 heavy (non-hydrogen) atoms. The van der Waals surface area contributed by atoms with E-state index < -0.39 is 0 Å². The number of aromatic nitrogens is 3. The number of fused-ring (bicyclic) bond motifs is 3. The van der Waals surface area contributed by atoms with E-state index in [0.29, 0.717) is 18.1 Å². The van der Waals surface area contributed by atoms with Crippen LogP contribution in [0.1, 0.15) is 26.7 Å². The molecular formula is C12H19N5O. The van der Waals surface area contributed by atoms with Gasteiger partial charge < -0.3 is 4.90 Å². The van der Waals surface area contributed by atoms with E-state index in [-0.39, 0.29) is 6.03 Å². The Balaban J connectivity index is 1.76. The normalized spacial score (nSPS) is 28.1. The van der Waals surface area contributed by atoms with Crippen molar-refractivity contribution in [3.63, 3.8) is 0 Å². The van der Waals surface area contributed by atoms with Crippen molar-refractivity contribution in [2.24, 2.45) is 0 Å². The maximum Gasteiger partial charge on any atom is 0.346 e. The van der Waals surface area contributed by atoms with Crippen molar-refractivity contribution in [2.45, 2.75) is 44.8 Å². The van der Waals surface area contributed by atoms with Crippen molar-refractivity contribution in [3.8, 4) is 0 Å². The summed E-state index contributed by atoms with van der Waals surface area (Å²) in [6.45, 7) is 6.26. The van der Waals surface area contributed by atoms with Crippen LogP contribution >= 0.6 is 0 Å². The maximum absolute atomic E-state index is 12.3. The van der Waals surface area contributed by atoms with E-state index in [9.17, 15) is 4.79 Å². The summed E-state index contributed by atoms with van der Waals surface area (Å²) in [7, 11) is 0. The monoisotopic (exact) mass is 249 g/mol. The predicted octanol–water partition coefficient (Wildman–Crippen LogP) is 0.803. The van der Waals surface area contributed by atoms with E-state index in [4.69, 9.17) is 0 Å². The summed E-state index contributed by atoms with van der Waals surface area (Å²) >= 11 is 0. The molecule has 3 saturated heterocycles. The third-order valence-electron chi connectivity index (χ3n) is 4.10. The average molecular weight is 249 g/mol. The number of hydrogen-bond acceptors (Lipinski definition) is 4. The highest BCUT2D eigenvalue weighted by Crippen LogP contribution is 2.30. The standard InChI is InChI=1S/C12H19N5O/c1-9(2)15-5-11-4-3-10(15)6-16(11)12(18)17-8-13-7-14-17/h7-11H,3-6H2,1-2H3. The fourth-order valence-corrected chi connectivity index (χ4v) is 3.17. The fourth-order valence-electron chi connectivity index (χ4n) is 3.17. The molecule has 0 aliphatic carbocycles. The summed E-state index contributed by atoms with van der Waals surface area (Å²) in [6.07, 6.45) is 5.18. The molecule has 2 atom stereocenters. The number of piperazine rings is 1. The van der Waals surface area contributed by atoms with Crippen LogP contribution in [0.25, 0.3) is 0 Å². The fraction of sp³-hybridized carbons (Fsp3) is 0.750. The highest BCUT2D eigenvalue weighted by molar-refractivity contribution is 5.76. The largest absolute Gasteiger partial charge is 0.346 e. The van der Waals surface area contributed by atoms with E-state index in [1.54, 1.807) is 0 Å². The van der Waals surface area contributed by atoms with Gasteiger partial charge in [-0.2, -0.15) is 9.78 Å². The number of nitrogens with zero attached hydrogens (tertiary/aromatic N) is 5. The van der Waals surface area contributed by atoms with Crippen molar-refractivity contribution in [3.05, 3.63) is 12.7 Å². The van der Waals surface area contributed by atoms with Crippen LogP contribution in [0.4, 0.5) is 4.79 Å². The third-order valence-corrected chi connectivity index (χ3v) is 4.10. The second-order valence-corrected chi connectivity index (χ2v) is 5.45. The van der Waals surface area contributed by atoms with E-state index >= 15 is 0 Å². The zero-order valence-corrected chi connectivity index (χ0v) is 10.9. The van der Waals surface area contributed by atoms with Gasteiger partial charge in [0, 0.05) is 31.2 Å². The van der Waals surface area contributed by atoms with Gasteiger partial charge in [-0.15, -0.1) is 0 Å². The first-order chi connectivity index (χ1) is 8.66. The lowest BCUT2D eigenvalue weighted by Crippen LogP contribution is -2.65. The maximum atomic E-state index is 12.3. The molecule has 0 aromatic carbocycles. The van der Waals surface area contributed by atoms with Crippen molar-refractivity contribution in [1.82, 2.24) is 24.6 Å². The second kappa shape index (κ2) is 4.35. The Bertz CT molecular complexity index is 430. The van der Waals surface area contributed by atoms with Gasteiger partial charge in [-0.25, -0.2) is 9.78 Å². The van der Waals surface area contributed by atoms with Gasteiger partial charge in [-0.3, -0.25) is 4.90 Å². The van der Waals surface area contributed by atoms with Crippen LogP contribution < -0.4 is 0 Å². The van der Waals surface area contributed by atoms with Crippen molar-refractivity contribution in [1.29, 1.82) is 0 Å². The van der Waals surface area contributed by atoms with Crippen LogP contribution in [0.3, 0.4) is 0 Å². The topological polar surface area (TPSA) is 54.3 Å². The molecule has 0 N–H and O–H groups in total. The van der Waals surface area contributed by atoms with Gasteiger partial charge in [0.15, 0.2) is 0 Å². The lowest BCUT2D eigenvalue weighted by Gasteiger charge is -2.52. The molecule has 3 aliphatic heterocycles. The molecule has 0 spiro atoms. The Morgan fingerprint density at radius 3 is 2.61 bits per heavy atom. The molecule has 0 saturated carbocycles. The molecule has 2 bridgehead atoms. The van der Waals surface area contributed by atoms with E-state index in [1.165, 1.54) is 23.8 Å². The first kappa shape index (κ1) is 11.6. The number of piperidine rings is 2. The lowest BCUT2D eigenvalue weighted by atomic mass is 9.90. The van der Waals surface area contributed by atoms with Crippen molar-refractivity contribution < 1.29 is 4.79 Å². The number of carbonyl (C=O) groups is 1. The minimum absolute atomic E-state index is 0.0365. The molecule has 98 valence electrons. The van der Waals surface area contributed by atoms with Crippen LogP contribution in [0, 0.1) is 0 Å². The smallest absolute Gasteiger partial charge is 0.317 e. The molecule has 1 amide bonds. The Labute approximate surface area is 107 Å². The SMILES string of the molecule is CC(C)N1CC2CCC1CN2C(=O)n1cncn1. The highest BCUT2D eigenvalue weighted by atomic mass is 16.2. The van der Waals surface area contributed by atoms with Crippen LogP contribution in [-0.4, -0.2) is 61.8 Å². The molecule has 4 heterocycles. The Morgan fingerprint density at radius 1 is 1.28 bits per heavy atom. The molecule has 3 fully saturated rings. The third kappa shape index (κ3) is 1.80. The first-order valence-electron chi connectivity index (χ1n) is 6.58. The molecule has 1 aromatic heterocycles. The molecular weight excluding hydrogens is 230 g/mol. The van der Waals surface area contributed by atoms with Crippen LogP contribution in [0.15, 0.2) is 12.7 Å². The van der Waals surface area contributed by atoms with Gasteiger partial charge in [0.25, 0.3) is 0 Å². The van der Waals surface area contributed by atoms with Gasteiger partial charge in [-0.05, 0) is 26.7 Å². The molecule has 2 unspecified atom stereocenters. The minimum Gasteiger partial charge on any atom is -0.317 e. The zero-order valence-electron chi connectivity index (χ0n) is 10.9. The molecule has 6 nitrogen and oxygen atoms in total. The van der Waals surface area contributed by atoms with Crippen LogP contribution in [0.5, 0.6) is 0 Å². The summed E-state index contributed by atoms with van der Waals surface area (Å²) < 4.78 is 1.33. The molecule has 1 aromatic rings. The lowest BCUT2D eigenvalue weighted by molar-refractivity contribution is -0.0155. The van der Waals surface area contributed by atoms with Gasteiger partial charge in [0.05, 0.1) is 0 Å². The summed E-state index contributed by atoms with van der Waals surface area (Å²) in [5.41, 5.74) is 0. The van der Waals surface area contributed by atoms with Gasteiger partial charge in [0.2, 0.25) is 0 Å². The molecule has 4 rings (SSSR count).